The smallest absolute Gasteiger partial charge is 0.282 e. The molecule has 0 atom stereocenters. The van der Waals surface area contributed by atoms with Crippen LogP contribution in [0.25, 0.3) is 0 Å². The highest BCUT2D eigenvalue weighted by molar-refractivity contribution is 6.31. The van der Waals surface area contributed by atoms with Gasteiger partial charge in [-0.15, -0.1) is 0 Å². The molecule has 1 aromatic carbocycles. The van der Waals surface area contributed by atoms with Crippen molar-refractivity contribution in [2.24, 2.45) is 0 Å². The predicted molar refractivity (Wildman–Crippen MR) is 75.0 cm³/mol. The number of ether oxygens (including phenoxy) is 1. The minimum absolute atomic E-state index is 0.117. The minimum atomic E-state index is -2.69. The van der Waals surface area contributed by atoms with Gasteiger partial charge in [0, 0.05) is 0 Å². The molecule has 0 N–H and O–H groups in total. The molecule has 0 unspecified atom stereocenters. The van der Waals surface area contributed by atoms with E-state index >= 15 is 0 Å². The highest BCUT2D eigenvalue weighted by atomic mass is 35.5. The van der Waals surface area contributed by atoms with E-state index in [1.54, 1.807) is 0 Å². The van der Waals surface area contributed by atoms with Crippen LogP contribution in [0, 0.1) is 0 Å². The second-order valence-electron chi connectivity index (χ2n) is 4.80. The zero-order valence-corrected chi connectivity index (χ0v) is 11.7. The topological polar surface area (TPSA) is 38.2 Å². The zero-order chi connectivity index (χ0) is 14.9. The zero-order valence-electron chi connectivity index (χ0n) is 11.0. The number of anilines is 1. The van der Waals surface area contributed by atoms with Crippen LogP contribution in [0.15, 0.2) is 36.7 Å². The maximum Gasteiger partial charge on any atom is 0.282 e. The SMILES string of the molecule is FC1(F)CN(c2ncnc(Cl)c2OCc2ccccc2)C1. The molecule has 0 spiro atoms. The highest BCUT2D eigenvalue weighted by Crippen LogP contribution is 2.38. The second kappa shape index (κ2) is 5.44. The number of hydrogen-bond donors (Lipinski definition) is 0. The van der Waals surface area contributed by atoms with Crippen molar-refractivity contribution in [1.29, 1.82) is 0 Å². The predicted octanol–water partition coefficient (Wildman–Crippen LogP) is 3.16. The molecule has 0 bridgehead atoms. The Bertz CT molecular complexity index is 631. The van der Waals surface area contributed by atoms with E-state index in [0.29, 0.717) is 5.82 Å². The van der Waals surface area contributed by atoms with Crippen molar-refractivity contribution in [2.45, 2.75) is 12.5 Å². The Balaban J connectivity index is 1.78. The summed E-state index contributed by atoms with van der Waals surface area (Å²) in [6.07, 6.45) is 1.24. The first-order valence-corrected chi connectivity index (χ1v) is 6.73. The highest BCUT2D eigenvalue weighted by Gasteiger charge is 2.45. The van der Waals surface area contributed by atoms with Crippen LogP contribution >= 0.6 is 11.6 Å². The molecular formula is C14H12ClF2N3O. The molecule has 0 saturated carbocycles. The van der Waals surface area contributed by atoms with Crippen LogP contribution in [-0.2, 0) is 6.61 Å². The molecule has 1 saturated heterocycles. The third-order valence-corrected chi connectivity index (χ3v) is 3.38. The number of hydrogen-bond acceptors (Lipinski definition) is 4. The summed E-state index contributed by atoms with van der Waals surface area (Å²) in [5, 5.41) is 0.117. The van der Waals surface area contributed by atoms with E-state index in [1.165, 1.54) is 11.2 Å². The van der Waals surface area contributed by atoms with Crippen LogP contribution in [-0.4, -0.2) is 29.0 Å². The van der Waals surface area contributed by atoms with Crippen LogP contribution < -0.4 is 9.64 Å². The van der Waals surface area contributed by atoms with Crippen molar-refractivity contribution in [1.82, 2.24) is 9.97 Å². The first kappa shape index (κ1) is 14.0. The van der Waals surface area contributed by atoms with Gasteiger partial charge in [0.25, 0.3) is 5.92 Å². The fraction of sp³-hybridized carbons (Fsp3) is 0.286. The summed E-state index contributed by atoms with van der Waals surface area (Å²) in [6, 6.07) is 9.47. The molecule has 0 aliphatic carbocycles. The molecule has 1 fully saturated rings. The van der Waals surface area contributed by atoms with E-state index in [4.69, 9.17) is 16.3 Å². The largest absolute Gasteiger partial charge is 0.482 e. The third kappa shape index (κ3) is 3.05. The second-order valence-corrected chi connectivity index (χ2v) is 5.16. The van der Waals surface area contributed by atoms with Crippen LogP contribution in [0.4, 0.5) is 14.6 Å². The van der Waals surface area contributed by atoms with E-state index in [9.17, 15) is 8.78 Å². The van der Waals surface area contributed by atoms with Crippen LogP contribution in [0.2, 0.25) is 5.15 Å². The molecule has 1 aliphatic rings. The van der Waals surface area contributed by atoms with Gasteiger partial charge in [-0.25, -0.2) is 18.7 Å². The quantitative estimate of drug-likeness (QED) is 0.813. The number of halogens is 3. The lowest BCUT2D eigenvalue weighted by Gasteiger charge is -2.39. The van der Waals surface area contributed by atoms with Gasteiger partial charge in [0.15, 0.2) is 16.7 Å². The molecule has 0 amide bonds. The van der Waals surface area contributed by atoms with Crippen molar-refractivity contribution in [3.63, 3.8) is 0 Å². The molecule has 110 valence electrons. The molecule has 1 aliphatic heterocycles. The van der Waals surface area contributed by atoms with Gasteiger partial charge in [-0.1, -0.05) is 41.9 Å². The lowest BCUT2D eigenvalue weighted by atomic mass is 10.1. The molecule has 7 heteroatoms. The summed E-state index contributed by atoms with van der Waals surface area (Å²) in [5.74, 6) is -2.15. The molecule has 1 aromatic heterocycles. The Morgan fingerprint density at radius 2 is 1.90 bits per heavy atom. The number of alkyl halides is 2. The van der Waals surface area contributed by atoms with E-state index in [0.717, 1.165) is 5.56 Å². The summed E-state index contributed by atoms with van der Waals surface area (Å²) in [6.45, 7) is -0.505. The summed E-state index contributed by atoms with van der Waals surface area (Å²) >= 11 is 6.00. The number of rotatable bonds is 4. The van der Waals surface area contributed by atoms with Crippen LogP contribution in [0.5, 0.6) is 5.75 Å². The Morgan fingerprint density at radius 1 is 1.19 bits per heavy atom. The monoisotopic (exact) mass is 311 g/mol. The molecule has 4 nitrogen and oxygen atoms in total. The molecule has 2 heterocycles. The number of aromatic nitrogens is 2. The fourth-order valence-corrected chi connectivity index (χ4v) is 2.27. The molecule has 2 aromatic rings. The maximum atomic E-state index is 13.0. The molecule has 0 radical (unpaired) electrons. The standard InChI is InChI=1S/C14H12ClF2N3O/c15-12-11(21-6-10-4-2-1-3-5-10)13(19-9-18-12)20-7-14(16,17)8-20/h1-5,9H,6-8H2. The fourth-order valence-electron chi connectivity index (χ4n) is 2.08. The van der Waals surface area contributed by atoms with Gasteiger partial charge in [0.2, 0.25) is 0 Å². The van der Waals surface area contributed by atoms with Crippen molar-refractivity contribution < 1.29 is 13.5 Å². The van der Waals surface area contributed by atoms with E-state index < -0.39 is 5.92 Å². The van der Waals surface area contributed by atoms with E-state index in [-0.39, 0.29) is 30.6 Å². The average Bonchev–Trinajstić information content (AvgIpc) is 2.44. The summed E-state index contributed by atoms with van der Waals surface area (Å²) in [5.41, 5.74) is 0.942. The van der Waals surface area contributed by atoms with E-state index in [1.807, 2.05) is 30.3 Å². The van der Waals surface area contributed by atoms with Crippen molar-refractivity contribution in [3.8, 4) is 5.75 Å². The molecule has 3 rings (SSSR count). The molecule has 21 heavy (non-hydrogen) atoms. The molecular weight excluding hydrogens is 300 g/mol. The number of nitrogens with zero attached hydrogens (tertiary/aromatic N) is 3. The Hall–Kier alpha value is -1.95. The normalized spacial score (nSPS) is 16.4. The maximum absolute atomic E-state index is 13.0. The van der Waals surface area contributed by atoms with Gasteiger partial charge in [0.05, 0.1) is 13.1 Å². The van der Waals surface area contributed by atoms with Crippen molar-refractivity contribution in [2.75, 3.05) is 18.0 Å². The summed E-state index contributed by atoms with van der Waals surface area (Å²) < 4.78 is 31.6. The minimum Gasteiger partial charge on any atom is -0.482 e. The lowest BCUT2D eigenvalue weighted by Crippen LogP contribution is -2.56. The van der Waals surface area contributed by atoms with Crippen molar-refractivity contribution in [3.05, 3.63) is 47.4 Å². The number of benzene rings is 1. The van der Waals surface area contributed by atoms with Gasteiger partial charge in [-0.05, 0) is 5.56 Å². The first-order chi connectivity index (χ1) is 10.1. The van der Waals surface area contributed by atoms with Crippen LogP contribution in [0.3, 0.4) is 0 Å². The van der Waals surface area contributed by atoms with Gasteiger partial charge in [0.1, 0.15) is 12.9 Å². The Kier molecular flexibility index (Phi) is 3.63. The third-order valence-electron chi connectivity index (χ3n) is 3.11. The Morgan fingerprint density at radius 3 is 2.57 bits per heavy atom. The first-order valence-electron chi connectivity index (χ1n) is 6.35. The summed E-state index contributed by atoms with van der Waals surface area (Å²) in [7, 11) is 0. The van der Waals surface area contributed by atoms with Gasteiger partial charge in [-0.3, -0.25) is 0 Å². The lowest BCUT2D eigenvalue weighted by molar-refractivity contribution is -0.0269. The van der Waals surface area contributed by atoms with Gasteiger partial charge in [-0.2, -0.15) is 0 Å². The average molecular weight is 312 g/mol. The Labute approximate surface area is 125 Å². The van der Waals surface area contributed by atoms with Crippen LogP contribution in [0.1, 0.15) is 5.56 Å². The van der Waals surface area contributed by atoms with Gasteiger partial charge >= 0.3 is 0 Å². The van der Waals surface area contributed by atoms with Gasteiger partial charge < -0.3 is 9.64 Å². The summed E-state index contributed by atoms with van der Waals surface area (Å²) in [4.78, 5) is 9.28. The van der Waals surface area contributed by atoms with Crippen molar-refractivity contribution >= 4 is 17.4 Å². The van der Waals surface area contributed by atoms with E-state index in [2.05, 4.69) is 9.97 Å².